The van der Waals surface area contributed by atoms with Gasteiger partial charge in [-0.05, 0) is 25.5 Å². The van der Waals surface area contributed by atoms with Crippen LogP contribution in [0.4, 0.5) is 5.69 Å². The van der Waals surface area contributed by atoms with Crippen molar-refractivity contribution in [2.24, 2.45) is 0 Å². The Morgan fingerprint density at radius 3 is 2.75 bits per heavy atom. The lowest BCUT2D eigenvalue weighted by Crippen LogP contribution is -1.99. The zero-order chi connectivity index (χ0) is 12.1. The number of hydrogen-bond donors (Lipinski definition) is 1. The minimum Gasteiger partial charge on any atom is -0.396 e. The summed E-state index contributed by atoms with van der Waals surface area (Å²) in [6.45, 7) is 3.93. The molecule has 0 heterocycles. The molecule has 5 heteroatoms. The normalized spacial score (nSPS) is 12.4. The zero-order valence-electron chi connectivity index (χ0n) is 9.34. The Balaban J connectivity index is 2.77. The van der Waals surface area contributed by atoms with Gasteiger partial charge in [0.05, 0.1) is 4.92 Å². The molecule has 0 aliphatic heterocycles. The minimum absolute atomic E-state index is 0.152. The van der Waals surface area contributed by atoms with Crippen LogP contribution in [0.25, 0.3) is 0 Å². The first kappa shape index (κ1) is 13.0. The van der Waals surface area contributed by atoms with Crippen molar-refractivity contribution < 1.29 is 10.0 Å². The fraction of sp³-hybridized carbons (Fsp3) is 0.455. The van der Waals surface area contributed by atoms with Gasteiger partial charge in [0, 0.05) is 28.4 Å². The van der Waals surface area contributed by atoms with Gasteiger partial charge in [-0.25, -0.2) is 0 Å². The third kappa shape index (κ3) is 3.50. The van der Waals surface area contributed by atoms with Crippen LogP contribution in [0.15, 0.2) is 23.1 Å². The second-order valence-corrected chi connectivity index (χ2v) is 5.16. The number of aliphatic hydroxyl groups is 1. The minimum atomic E-state index is -0.374. The molecule has 0 saturated heterocycles. The van der Waals surface area contributed by atoms with Gasteiger partial charge in [-0.3, -0.25) is 10.1 Å². The third-order valence-electron chi connectivity index (χ3n) is 2.24. The van der Waals surface area contributed by atoms with Crippen molar-refractivity contribution in [1.82, 2.24) is 0 Å². The van der Waals surface area contributed by atoms with Gasteiger partial charge in [0.15, 0.2) is 0 Å². The summed E-state index contributed by atoms with van der Waals surface area (Å²) >= 11 is 1.62. The number of benzene rings is 1. The highest BCUT2D eigenvalue weighted by molar-refractivity contribution is 7.99. The van der Waals surface area contributed by atoms with Gasteiger partial charge in [0.1, 0.15) is 0 Å². The van der Waals surface area contributed by atoms with Crippen molar-refractivity contribution in [3.8, 4) is 0 Å². The van der Waals surface area contributed by atoms with Crippen molar-refractivity contribution in [1.29, 1.82) is 0 Å². The Labute approximate surface area is 98.8 Å². The molecule has 0 amide bonds. The van der Waals surface area contributed by atoms with E-state index in [1.807, 2.05) is 13.0 Å². The summed E-state index contributed by atoms with van der Waals surface area (Å²) in [5.74, 6) is 0. The molecule has 1 rings (SSSR count). The molecule has 1 unspecified atom stereocenters. The fourth-order valence-corrected chi connectivity index (χ4v) is 2.46. The summed E-state index contributed by atoms with van der Waals surface area (Å²) in [4.78, 5) is 11.3. The average molecular weight is 241 g/mol. The third-order valence-corrected chi connectivity index (χ3v) is 3.40. The fourth-order valence-electron chi connectivity index (χ4n) is 1.38. The molecule has 0 spiro atoms. The largest absolute Gasteiger partial charge is 0.396 e. The zero-order valence-corrected chi connectivity index (χ0v) is 10.2. The molecule has 0 aromatic heterocycles. The van der Waals surface area contributed by atoms with Gasteiger partial charge in [-0.2, -0.15) is 0 Å². The molecule has 1 N–H and O–H groups in total. The van der Waals surface area contributed by atoms with Crippen LogP contribution < -0.4 is 0 Å². The van der Waals surface area contributed by atoms with Crippen LogP contribution in [-0.4, -0.2) is 21.9 Å². The van der Waals surface area contributed by atoms with E-state index in [0.29, 0.717) is 10.8 Å². The Morgan fingerprint density at radius 1 is 1.56 bits per heavy atom. The van der Waals surface area contributed by atoms with Crippen molar-refractivity contribution in [2.45, 2.75) is 30.4 Å². The Morgan fingerprint density at radius 2 is 2.25 bits per heavy atom. The van der Waals surface area contributed by atoms with E-state index in [4.69, 9.17) is 5.11 Å². The average Bonchev–Trinajstić information content (AvgIpc) is 2.17. The monoisotopic (exact) mass is 241 g/mol. The first-order chi connectivity index (χ1) is 7.54. The maximum Gasteiger partial charge on any atom is 0.272 e. The van der Waals surface area contributed by atoms with Gasteiger partial charge in [0.25, 0.3) is 5.69 Å². The van der Waals surface area contributed by atoms with Crippen molar-refractivity contribution >= 4 is 17.4 Å². The summed E-state index contributed by atoms with van der Waals surface area (Å²) in [5.41, 5.74) is 0.824. The number of aryl methyl sites for hydroxylation is 1. The maximum atomic E-state index is 10.6. The topological polar surface area (TPSA) is 63.4 Å². The van der Waals surface area contributed by atoms with E-state index in [-0.39, 0.29) is 17.2 Å². The Kier molecular flexibility index (Phi) is 4.76. The number of thioether (sulfide) groups is 1. The van der Waals surface area contributed by atoms with Crippen LogP contribution in [0, 0.1) is 17.0 Å². The van der Waals surface area contributed by atoms with Crippen LogP contribution in [0.5, 0.6) is 0 Å². The molecule has 16 heavy (non-hydrogen) atoms. The molecule has 0 aliphatic carbocycles. The number of aliphatic hydroxyl groups excluding tert-OH is 1. The van der Waals surface area contributed by atoms with E-state index in [1.54, 1.807) is 24.8 Å². The van der Waals surface area contributed by atoms with E-state index in [9.17, 15) is 10.1 Å². The van der Waals surface area contributed by atoms with Gasteiger partial charge >= 0.3 is 0 Å². The highest BCUT2D eigenvalue weighted by Gasteiger charge is 2.11. The molecule has 4 nitrogen and oxygen atoms in total. The number of nitrogens with zero attached hydrogens (tertiary/aromatic N) is 1. The van der Waals surface area contributed by atoms with E-state index in [0.717, 1.165) is 11.3 Å². The molecule has 0 aliphatic rings. The lowest BCUT2D eigenvalue weighted by Gasteiger charge is -2.09. The molecule has 0 fully saturated rings. The predicted octanol–water partition coefficient (Wildman–Crippen LogP) is 2.77. The van der Waals surface area contributed by atoms with E-state index in [2.05, 4.69) is 0 Å². The quantitative estimate of drug-likeness (QED) is 0.489. The molecular formula is C11H15NO3S. The maximum absolute atomic E-state index is 10.6. The van der Waals surface area contributed by atoms with E-state index < -0.39 is 0 Å². The summed E-state index contributed by atoms with van der Waals surface area (Å²) in [7, 11) is 0. The van der Waals surface area contributed by atoms with E-state index in [1.165, 1.54) is 6.07 Å². The molecule has 88 valence electrons. The van der Waals surface area contributed by atoms with Crippen molar-refractivity contribution in [3.63, 3.8) is 0 Å². The number of nitro groups is 1. The number of rotatable bonds is 5. The van der Waals surface area contributed by atoms with Crippen LogP contribution in [0.2, 0.25) is 0 Å². The molecular weight excluding hydrogens is 226 g/mol. The molecule has 1 aromatic rings. The van der Waals surface area contributed by atoms with Gasteiger partial charge in [-0.1, -0.05) is 6.92 Å². The second kappa shape index (κ2) is 5.86. The van der Waals surface area contributed by atoms with Crippen LogP contribution >= 0.6 is 11.8 Å². The van der Waals surface area contributed by atoms with Crippen LogP contribution in [0.1, 0.15) is 18.9 Å². The summed E-state index contributed by atoms with van der Waals surface area (Å²) in [5, 5.41) is 19.7. The Hall–Kier alpha value is -1.07. The standard InChI is InChI=1S/C11H15NO3S/c1-8-7-10(16-9(2)5-6-13)3-4-11(8)12(14)15/h3-4,7,9,13H,5-6H2,1-2H3. The van der Waals surface area contributed by atoms with Crippen molar-refractivity contribution in [2.75, 3.05) is 6.61 Å². The smallest absolute Gasteiger partial charge is 0.272 e. The first-order valence-electron chi connectivity index (χ1n) is 5.07. The lowest BCUT2D eigenvalue weighted by molar-refractivity contribution is -0.385. The highest BCUT2D eigenvalue weighted by Crippen LogP contribution is 2.29. The molecule has 1 atom stereocenters. The predicted molar refractivity (Wildman–Crippen MR) is 64.9 cm³/mol. The van der Waals surface area contributed by atoms with Crippen LogP contribution in [0.3, 0.4) is 0 Å². The van der Waals surface area contributed by atoms with Gasteiger partial charge in [-0.15, -0.1) is 11.8 Å². The SMILES string of the molecule is Cc1cc(SC(C)CCO)ccc1[N+](=O)[O-]. The second-order valence-electron chi connectivity index (χ2n) is 3.65. The molecule has 0 bridgehead atoms. The summed E-state index contributed by atoms with van der Waals surface area (Å²) in [6, 6.07) is 5.10. The van der Waals surface area contributed by atoms with Gasteiger partial charge in [0.2, 0.25) is 0 Å². The molecule has 1 aromatic carbocycles. The highest BCUT2D eigenvalue weighted by atomic mass is 32.2. The molecule has 0 radical (unpaired) electrons. The Bertz CT molecular complexity index is 381. The summed E-state index contributed by atoms with van der Waals surface area (Å²) in [6.07, 6.45) is 0.723. The van der Waals surface area contributed by atoms with Crippen LogP contribution in [-0.2, 0) is 0 Å². The number of hydrogen-bond acceptors (Lipinski definition) is 4. The van der Waals surface area contributed by atoms with E-state index >= 15 is 0 Å². The lowest BCUT2D eigenvalue weighted by atomic mass is 10.2. The number of nitro benzene ring substituents is 1. The molecule has 0 saturated carbocycles. The van der Waals surface area contributed by atoms with Gasteiger partial charge < -0.3 is 5.11 Å². The first-order valence-corrected chi connectivity index (χ1v) is 5.95. The van der Waals surface area contributed by atoms with Crippen molar-refractivity contribution in [3.05, 3.63) is 33.9 Å². The summed E-state index contributed by atoms with van der Waals surface area (Å²) < 4.78 is 0.